The molecule has 17 heavy (non-hydrogen) atoms. The number of hydrogen-bond donors (Lipinski definition) is 3. The van der Waals surface area contributed by atoms with Crippen LogP contribution in [0.2, 0.25) is 0 Å². The lowest BCUT2D eigenvalue weighted by molar-refractivity contribution is 0.201. The van der Waals surface area contributed by atoms with Crippen molar-refractivity contribution >= 4 is 0 Å². The summed E-state index contributed by atoms with van der Waals surface area (Å²) in [4.78, 5) is 2.01. The zero-order valence-corrected chi connectivity index (χ0v) is 11.8. The Morgan fingerprint density at radius 1 is 1.29 bits per heavy atom. The molecule has 0 aromatic rings. The van der Waals surface area contributed by atoms with Crippen LogP contribution in [0.4, 0.5) is 0 Å². The number of nitrogens with one attached hydrogen (secondary N) is 1. The van der Waals surface area contributed by atoms with E-state index in [4.69, 9.17) is 11.5 Å². The summed E-state index contributed by atoms with van der Waals surface area (Å²) in [5, 5.41) is 2.96. The molecule has 0 aliphatic rings. The Bertz CT molecular complexity index is 258. The summed E-state index contributed by atoms with van der Waals surface area (Å²) in [5.41, 5.74) is 11.7. The molecule has 0 amide bonds. The Morgan fingerprint density at radius 3 is 2.12 bits per heavy atom. The van der Waals surface area contributed by atoms with Gasteiger partial charge in [0.15, 0.2) is 0 Å². The fraction of sp³-hybridized carbons (Fsp3) is 0.692. The molecule has 0 bridgehead atoms. The van der Waals surface area contributed by atoms with E-state index in [0.717, 1.165) is 6.42 Å². The van der Waals surface area contributed by atoms with E-state index in [1.165, 1.54) is 0 Å². The second-order valence-corrected chi connectivity index (χ2v) is 5.76. The van der Waals surface area contributed by atoms with Gasteiger partial charge in [0.05, 0.1) is 6.04 Å². The molecular formula is C13H28N4. The van der Waals surface area contributed by atoms with Crippen molar-refractivity contribution in [3.63, 3.8) is 0 Å². The summed E-state index contributed by atoms with van der Waals surface area (Å²) in [5.74, 6) is 0. The topological polar surface area (TPSA) is 67.3 Å². The van der Waals surface area contributed by atoms with Crippen molar-refractivity contribution in [3.05, 3.63) is 25.2 Å². The molecule has 0 rings (SSSR count). The van der Waals surface area contributed by atoms with E-state index in [1.54, 1.807) is 6.20 Å². The Hall–Kier alpha value is -1.00. The van der Waals surface area contributed by atoms with Gasteiger partial charge in [-0.2, -0.15) is 0 Å². The molecular weight excluding hydrogens is 212 g/mol. The van der Waals surface area contributed by atoms with Crippen molar-refractivity contribution in [2.45, 2.75) is 51.2 Å². The van der Waals surface area contributed by atoms with Gasteiger partial charge in [-0.15, -0.1) is 0 Å². The maximum absolute atomic E-state index is 6.24. The second kappa shape index (κ2) is 6.07. The molecule has 0 aromatic heterocycles. The van der Waals surface area contributed by atoms with Crippen molar-refractivity contribution in [1.82, 2.24) is 10.2 Å². The lowest BCUT2D eigenvalue weighted by Crippen LogP contribution is -2.55. The zero-order chi connectivity index (χ0) is 13.7. The molecule has 1 unspecified atom stereocenters. The van der Waals surface area contributed by atoms with E-state index in [2.05, 4.69) is 11.9 Å². The fourth-order valence-electron chi connectivity index (χ4n) is 1.70. The van der Waals surface area contributed by atoms with E-state index >= 15 is 0 Å². The van der Waals surface area contributed by atoms with Gasteiger partial charge in [-0.1, -0.05) is 6.58 Å². The molecule has 0 saturated heterocycles. The average molecular weight is 240 g/mol. The van der Waals surface area contributed by atoms with Crippen molar-refractivity contribution < 1.29 is 0 Å². The number of hydrogen-bond acceptors (Lipinski definition) is 4. The lowest BCUT2D eigenvalue weighted by atomic mass is 9.84. The minimum absolute atomic E-state index is 0.101. The van der Waals surface area contributed by atoms with Crippen LogP contribution in [0.5, 0.6) is 0 Å². The van der Waals surface area contributed by atoms with E-state index in [0.29, 0.717) is 0 Å². The first-order valence-electron chi connectivity index (χ1n) is 5.93. The van der Waals surface area contributed by atoms with Crippen LogP contribution in [-0.4, -0.2) is 29.1 Å². The molecule has 0 saturated carbocycles. The van der Waals surface area contributed by atoms with Gasteiger partial charge in [0.2, 0.25) is 0 Å². The maximum atomic E-state index is 6.24. The van der Waals surface area contributed by atoms with E-state index in [1.807, 2.05) is 52.0 Å². The van der Waals surface area contributed by atoms with Crippen LogP contribution in [0.3, 0.4) is 0 Å². The number of rotatable bonds is 7. The van der Waals surface area contributed by atoms with Crippen LogP contribution < -0.4 is 16.8 Å². The first-order chi connectivity index (χ1) is 7.61. The van der Waals surface area contributed by atoms with Gasteiger partial charge in [-0.25, -0.2) is 0 Å². The summed E-state index contributed by atoms with van der Waals surface area (Å²) in [6.07, 6.45) is 6.34. The van der Waals surface area contributed by atoms with Gasteiger partial charge < -0.3 is 21.7 Å². The monoisotopic (exact) mass is 240 g/mol. The molecule has 0 heterocycles. The lowest BCUT2D eigenvalue weighted by Gasteiger charge is -2.41. The number of nitrogens with two attached hydrogens (primary N) is 2. The van der Waals surface area contributed by atoms with Gasteiger partial charge in [0, 0.05) is 30.5 Å². The highest BCUT2D eigenvalue weighted by atomic mass is 15.2. The average Bonchev–Trinajstić information content (AvgIpc) is 2.14. The van der Waals surface area contributed by atoms with Crippen molar-refractivity contribution in [2.24, 2.45) is 11.5 Å². The molecule has 0 aromatic carbocycles. The summed E-state index contributed by atoms with van der Waals surface area (Å²) in [6, 6.07) is 0.101. The molecule has 1 atom stereocenters. The molecule has 0 fully saturated rings. The van der Waals surface area contributed by atoms with Crippen molar-refractivity contribution in [3.8, 4) is 0 Å². The second-order valence-electron chi connectivity index (χ2n) is 5.76. The van der Waals surface area contributed by atoms with Gasteiger partial charge in [-0.05, 0) is 40.3 Å². The Labute approximate surface area is 106 Å². The van der Waals surface area contributed by atoms with Crippen molar-refractivity contribution in [2.75, 3.05) is 7.05 Å². The Morgan fingerprint density at radius 2 is 1.82 bits per heavy atom. The van der Waals surface area contributed by atoms with Crippen LogP contribution in [-0.2, 0) is 0 Å². The van der Waals surface area contributed by atoms with E-state index in [9.17, 15) is 0 Å². The Kier molecular flexibility index (Phi) is 5.72. The quantitative estimate of drug-likeness (QED) is 0.628. The van der Waals surface area contributed by atoms with Crippen LogP contribution in [0.15, 0.2) is 25.2 Å². The molecule has 5 N–H and O–H groups in total. The first-order valence-corrected chi connectivity index (χ1v) is 5.93. The van der Waals surface area contributed by atoms with Crippen LogP contribution in [0.25, 0.3) is 0 Å². The molecule has 4 nitrogen and oxygen atoms in total. The highest BCUT2D eigenvalue weighted by Gasteiger charge is 2.32. The molecule has 0 spiro atoms. The zero-order valence-electron chi connectivity index (χ0n) is 11.8. The molecule has 0 aliphatic heterocycles. The van der Waals surface area contributed by atoms with Crippen molar-refractivity contribution in [1.29, 1.82) is 0 Å². The predicted molar refractivity (Wildman–Crippen MR) is 75.2 cm³/mol. The molecule has 0 radical (unpaired) electrons. The third-order valence-corrected chi connectivity index (χ3v) is 2.56. The summed E-state index contributed by atoms with van der Waals surface area (Å²) >= 11 is 0. The van der Waals surface area contributed by atoms with E-state index in [-0.39, 0.29) is 17.1 Å². The van der Waals surface area contributed by atoms with Gasteiger partial charge in [0.1, 0.15) is 0 Å². The minimum Gasteiger partial charge on any atom is -0.393 e. The molecule has 0 aliphatic carbocycles. The maximum Gasteiger partial charge on any atom is 0.0522 e. The third-order valence-electron chi connectivity index (χ3n) is 2.56. The smallest absolute Gasteiger partial charge is 0.0522 e. The van der Waals surface area contributed by atoms with E-state index < -0.39 is 0 Å². The SMILES string of the molecule is C=CN(/C=C\NC)C(CC(C)(C)N)C(C)(C)N. The van der Waals surface area contributed by atoms with Crippen LogP contribution >= 0.6 is 0 Å². The highest BCUT2D eigenvalue weighted by Crippen LogP contribution is 2.22. The van der Waals surface area contributed by atoms with Gasteiger partial charge in [-0.3, -0.25) is 0 Å². The number of nitrogens with zero attached hydrogens (tertiary/aromatic N) is 1. The first kappa shape index (κ1) is 16.0. The van der Waals surface area contributed by atoms with Crippen LogP contribution in [0.1, 0.15) is 34.1 Å². The molecule has 4 heteroatoms. The standard InChI is InChI=1S/C13H28N4/c1-7-17(9-8-16-6)11(13(4,5)15)10-12(2,3)14/h7-9,11,16H,1,10,14-15H2,2-6H3/b9-8-. The normalized spacial score (nSPS) is 14.8. The fourth-order valence-corrected chi connectivity index (χ4v) is 1.70. The summed E-state index contributed by atoms with van der Waals surface area (Å²) < 4.78 is 0. The summed E-state index contributed by atoms with van der Waals surface area (Å²) in [7, 11) is 1.85. The van der Waals surface area contributed by atoms with Gasteiger partial charge >= 0.3 is 0 Å². The summed E-state index contributed by atoms with van der Waals surface area (Å²) in [6.45, 7) is 11.9. The largest absolute Gasteiger partial charge is 0.393 e. The van der Waals surface area contributed by atoms with Crippen LogP contribution in [0, 0.1) is 0 Å². The molecule has 100 valence electrons. The predicted octanol–water partition coefficient (Wildman–Crippen LogP) is 1.36. The highest BCUT2D eigenvalue weighted by molar-refractivity contribution is 5.02. The van der Waals surface area contributed by atoms with Gasteiger partial charge in [0.25, 0.3) is 0 Å². The minimum atomic E-state index is -0.358. The third kappa shape index (κ3) is 6.34. The Balaban J connectivity index is 5.02.